The molecule has 0 aliphatic carbocycles. The smallest absolute Gasteiger partial charge is 0.123 e. The number of aromatic nitrogens is 1. The normalized spacial score (nSPS) is 16.1. The SMILES string of the molecule is CN(Cc1cc2cc(F)ccc2[nH]1)Cc1ccccc1OCC(O)CN1CCSCC1. The van der Waals surface area contributed by atoms with E-state index in [1.165, 1.54) is 6.07 Å². The third kappa shape index (κ3) is 6.23. The fourth-order valence-corrected chi connectivity index (χ4v) is 4.96. The molecule has 2 heterocycles. The molecule has 5 nitrogen and oxygen atoms in total. The van der Waals surface area contributed by atoms with Gasteiger partial charge in [0, 0.05) is 66.4 Å². The molecule has 0 saturated carbocycles. The van der Waals surface area contributed by atoms with Crippen LogP contribution < -0.4 is 4.74 Å². The lowest BCUT2D eigenvalue weighted by Crippen LogP contribution is -2.40. The predicted octanol–water partition coefficient (Wildman–Crippen LogP) is 3.73. The molecule has 1 saturated heterocycles. The summed E-state index contributed by atoms with van der Waals surface area (Å²) in [6.45, 7) is 4.42. The quantitative estimate of drug-likeness (QED) is 0.528. The van der Waals surface area contributed by atoms with E-state index in [1.54, 1.807) is 12.1 Å². The van der Waals surface area contributed by atoms with Crippen LogP contribution in [0.4, 0.5) is 4.39 Å². The Morgan fingerprint density at radius 1 is 1.16 bits per heavy atom. The van der Waals surface area contributed by atoms with E-state index in [-0.39, 0.29) is 12.4 Å². The standard InChI is InChI=1S/C24H30FN3O2S/c1-27(15-21-13-19-12-20(25)6-7-23(19)26-21)14-18-4-2-3-5-24(18)30-17-22(29)16-28-8-10-31-11-9-28/h2-7,12-13,22,26,29H,8-11,14-17H2,1H3. The van der Waals surface area contributed by atoms with Crippen molar-refractivity contribution in [1.29, 1.82) is 0 Å². The number of aliphatic hydroxyl groups is 1. The van der Waals surface area contributed by atoms with Crippen molar-refractivity contribution in [3.05, 3.63) is 65.6 Å². The maximum Gasteiger partial charge on any atom is 0.123 e. The largest absolute Gasteiger partial charge is 0.491 e. The van der Waals surface area contributed by atoms with Crippen LogP contribution in [0.1, 0.15) is 11.3 Å². The predicted molar refractivity (Wildman–Crippen MR) is 125 cm³/mol. The topological polar surface area (TPSA) is 51.7 Å². The molecule has 0 amide bonds. The van der Waals surface area contributed by atoms with Gasteiger partial charge in [-0.3, -0.25) is 9.80 Å². The molecule has 1 aromatic heterocycles. The Morgan fingerprint density at radius 3 is 2.81 bits per heavy atom. The van der Waals surface area contributed by atoms with Crippen molar-refractivity contribution >= 4 is 22.7 Å². The molecular formula is C24H30FN3O2S. The summed E-state index contributed by atoms with van der Waals surface area (Å²) in [7, 11) is 2.05. The zero-order valence-electron chi connectivity index (χ0n) is 17.9. The summed E-state index contributed by atoms with van der Waals surface area (Å²) < 4.78 is 19.4. The van der Waals surface area contributed by atoms with Crippen molar-refractivity contribution in [3.63, 3.8) is 0 Å². The molecule has 0 bridgehead atoms. The van der Waals surface area contributed by atoms with E-state index in [0.29, 0.717) is 19.6 Å². The molecule has 4 rings (SSSR count). The number of nitrogens with one attached hydrogen (secondary N) is 1. The summed E-state index contributed by atoms with van der Waals surface area (Å²) >= 11 is 1.97. The van der Waals surface area contributed by atoms with E-state index < -0.39 is 6.10 Å². The van der Waals surface area contributed by atoms with E-state index in [9.17, 15) is 9.50 Å². The Labute approximate surface area is 187 Å². The average Bonchev–Trinajstić information content (AvgIpc) is 3.15. The molecule has 0 radical (unpaired) electrons. The van der Waals surface area contributed by atoms with Crippen LogP contribution in [-0.2, 0) is 13.1 Å². The first-order valence-electron chi connectivity index (χ1n) is 10.7. The molecule has 1 unspecified atom stereocenters. The van der Waals surface area contributed by atoms with Crippen molar-refractivity contribution < 1.29 is 14.2 Å². The number of benzene rings is 2. The third-order valence-electron chi connectivity index (χ3n) is 5.50. The molecule has 166 valence electrons. The third-order valence-corrected chi connectivity index (χ3v) is 6.44. The minimum atomic E-state index is -0.499. The lowest BCUT2D eigenvalue weighted by atomic mass is 10.2. The monoisotopic (exact) mass is 443 g/mol. The highest BCUT2D eigenvalue weighted by molar-refractivity contribution is 7.99. The van der Waals surface area contributed by atoms with Crippen LogP contribution in [0.3, 0.4) is 0 Å². The van der Waals surface area contributed by atoms with Gasteiger partial charge in [0.25, 0.3) is 0 Å². The summed E-state index contributed by atoms with van der Waals surface area (Å²) in [4.78, 5) is 7.84. The Kier molecular flexibility index (Phi) is 7.50. The van der Waals surface area contributed by atoms with Gasteiger partial charge in [-0.2, -0.15) is 11.8 Å². The van der Waals surface area contributed by atoms with Crippen molar-refractivity contribution in [3.8, 4) is 5.75 Å². The molecule has 1 aliphatic heterocycles. The van der Waals surface area contributed by atoms with Crippen molar-refractivity contribution in [2.24, 2.45) is 0 Å². The van der Waals surface area contributed by atoms with Crippen LogP contribution in [0.25, 0.3) is 10.9 Å². The molecule has 1 fully saturated rings. The number of rotatable bonds is 9. The zero-order valence-corrected chi connectivity index (χ0v) is 18.7. The van der Waals surface area contributed by atoms with Gasteiger partial charge in [-0.25, -0.2) is 4.39 Å². The maximum absolute atomic E-state index is 13.4. The van der Waals surface area contributed by atoms with E-state index in [0.717, 1.165) is 52.5 Å². The number of H-pyrrole nitrogens is 1. The van der Waals surface area contributed by atoms with E-state index in [2.05, 4.69) is 20.9 Å². The van der Waals surface area contributed by atoms with Crippen molar-refractivity contribution in [1.82, 2.24) is 14.8 Å². The number of fused-ring (bicyclic) bond motifs is 1. The van der Waals surface area contributed by atoms with Gasteiger partial charge < -0.3 is 14.8 Å². The average molecular weight is 444 g/mol. The van der Waals surface area contributed by atoms with Gasteiger partial charge in [0.2, 0.25) is 0 Å². The fraction of sp³-hybridized carbons (Fsp3) is 0.417. The van der Waals surface area contributed by atoms with Crippen LogP contribution in [0.5, 0.6) is 5.75 Å². The fourth-order valence-electron chi connectivity index (χ4n) is 3.98. The molecule has 2 aromatic carbocycles. The Hall–Kier alpha value is -2.06. The number of thioether (sulfide) groups is 1. The zero-order chi connectivity index (χ0) is 21.6. The number of nitrogens with zero attached hydrogens (tertiary/aromatic N) is 2. The minimum Gasteiger partial charge on any atom is -0.491 e. The number of hydrogen-bond donors (Lipinski definition) is 2. The Bertz CT molecular complexity index is 990. The number of para-hydroxylation sites is 1. The highest BCUT2D eigenvalue weighted by Crippen LogP contribution is 2.22. The molecular weight excluding hydrogens is 413 g/mol. The summed E-state index contributed by atoms with van der Waals surface area (Å²) in [6, 6.07) is 14.8. The maximum atomic E-state index is 13.4. The van der Waals surface area contributed by atoms with Crippen LogP contribution >= 0.6 is 11.8 Å². The van der Waals surface area contributed by atoms with Gasteiger partial charge in [-0.05, 0) is 37.4 Å². The first-order chi connectivity index (χ1) is 15.1. The van der Waals surface area contributed by atoms with Gasteiger partial charge in [0.1, 0.15) is 24.3 Å². The lowest BCUT2D eigenvalue weighted by molar-refractivity contribution is 0.0709. The van der Waals surface area contributed by atoms with Crippen molar-refractivity contribution in [2.75, 3.05) is 44.8 Å². The number of β-amino-alcohol motifs (C(OH)–C–C–N with tert-alkyl or cyclic N) is 1. The summed E-state index contributed by atoms with van der Waals surface area (Å²) in [5.74, 6) is 2.85. The van der Waals surface area contributed by atoms with Gasteiger partial charge >= 0.3 is 0 Å². The first kappa shape index (κ1) is 22.1. The number of hydrogen-bond acceptors (Lipinski definition) is 5. The number of aliphatic hydroxyl groups excluding tert-OH is 1. The molecule has 7 heteroatoms. The van der Waals surface area contributed by atoms with E-state index >= 15 is 0 Å². The van der Waals surface area contributed by atoms with E-state index in [1.807, 2.05) is 43.1 Å². The van der Waals surface area contributed by atoms with Crippen LogP contribution in [0.15, 0.2) is 48.5 Å². The van der Waals surface area contributed by atoms with Gasteiger partial charge in [-0.1, -0.05) is 18.2 Å². The molecule has 0 spiro atoms. The lowest BCUT2D eigenvalue weighted by Gasteiger charge is -2.28. The van der Waals surface area contributed by atoms with Crippen LogP contribution in [0.2, 0.25) is 0 Å². The summed E-state index contributed by atoms with van der Waals surface area (Å²) in [5.41, 5.74) is 3.06. The molecule has 2 N–H and O–H groups in total. The minimum absolute atomic E-state index is 0.223. The van der Waals surface area contributed by atoms with Crippen molar-refractivity contribution in [2.45, 2.75) is 19.2 Å². The van der Waals surface area contributed by atoms with E-state index in [4.69, 9.17) is 4.74 Å². The highest BCUT2D eigenvalue weighted by Gasteiger charge is 2.16. The first-order valence-corrected chi connectivity index (χ1v) is 11.9. The number of aromatic amines is 1. The Morgan fingerprint density at radius 2 is 1.97 bits per heavy atom. The Balaban J connectivity index is 1.32. The van der Waals surface area contributed by atoms with Crippen LogP contribution in [0, 0.1) is 5.82 Å². The van der Waals surface area contributed by atoms with Gasteiger partial charge in [0.05, 0.1) is 0 Å². The second-order valence-corrected chi connectivity index (χ2v) is 9.41. The molecule has 1 aliphatic rings. The molecule has 1 atom stereocenters. The second kappa shape index (κ2) is 10.5. The molecule has 3 aromatic rings. The summed E-state index contributed by atoms with van der Waals surface area (Å²) in [6.07, 6.45) is -0.499. The molecule has 31 heavy (non-hydrogen) atoms. The number of ether oxygens (including phenoxy) is 1. The number of halogens is 1. The van der Waals surface area contributed by atoms with Gasteiger partial charge in [-0.15, -0.1) is 0 Å². The highest BCUT2D eigenvalue weighted by atomic mass is 32.2. The summed E-state index contributed by atoms with van der Waals surface area (Å²) in [5, 5.41) is 11.3. The van der Waals surface area contributed by atoms with Crippen LogP contribution in [-0.4, -0.2) is 70.8 Å². The second-order valence-electron chi connectivity index (χ2n) is 8.18. The van der Waals surface area contributed by atoms with Gasteiger partial charge in [0.15, 0.2) is 0 Å².